The van der Waals surface area contributed by atoms with Crippen molar-refractivity contribution >= 4 is 11.6 Å². The van der Waals surface area contributed by atoms with Gasteiger partial charge in [0.2, 0.25) is 0 Å². The molecule has 1 aromatic carbocycles. The number of hydrogen-bond acceptors (Lipinski definition) is 2. The SMILES string of the molecule is NC[C@@]1(c2ccc(Cl)c(F)c2)C[C@H]1CO. The summed E-state index contributed by atoms with van der Waals surface area (Å²) >= 11 is 5.61. The summed E-state index contributed by atoms with van der Waals surface area (Å²) in [5.74, 6) is -0.270. The van der Waals surface area contributed by atoms with Crippen LogP contribution in [0.4, 0.5) is 4.39 Å². The minimum Gasteiger partial charge on any atom is -0.396 e. The van der Waals surface area contributed by atoms with Gasteiger partial charge >= 0.3 is 0 Å². The van der Waals surface area contributed by atoms with Crippen LogP contribution >= 0.6 is 11.6 Å². The van der Waals surface area contributed by atoms with Gasteiger partial charge in [-0.25, -0.2) is 4.39 Å². The molecule has 0 heterocycles. The summed E-state index contributed by atoms with van der Waals surface area (Å²) in [6.45, 7) is 0.529. The Morgan fingerprint density at radius 1 is 1.60 bits per heavy atom. The molecule has 1 aliphatic carbocycles. The Labute approximate surface area is 92.9 Å². The first-order valence-electron chi connectivity index (χ1n) is 4.90. The molecule has 1 aromatic rings. The predicted molar refractivity (Wildman–Crippen MR) is 57.3 cm³/mol. The molecule has 0 spiro atoms. The highest BCUT2D eigenvalue weighted by Gasteiger charge is 2.53. The molecule has 15 heavy (non-hydrogen) atoms. The second-order valence-electron chi connectivity index (χ2n) is 4.07. The van der Waals surface area contributed by atoms with E-state index >= 15 is 0 Å². The third-order valence-corrected chi connectivity index (χ3v) is 3.62. The summed E-state index contributed by atoms with van der Waals surface area (Å²) in [5.41, 5.74) is 6.29. The molecule has 0 radical (unpaired) electrons. The summed E-state index contributed by atoms with van der Waals surface area (Å²) in [6, 6.07) is 4.75. The number of rotatable bonds is 3. The number of hydrogen-bond donors (Lipinski definition) is 2. The van der Waals surface area contributed by atoms with Crippen LogP contribution in [0, 0.1) is 11.7 Å². The van der Waals surface area contributed by atoms with Crippen molar-refractivity contribution in [3.63, 3.8) is 0 Å². The second-order valence-corrected chi connectivity index (χ2v) is 4.48. The lowest BCUT2D eigenvalue weighted by Gasteiger charge is -2.15. The van der Waals surface area contributed by atoms with Gasteiger partial charge in [0.15, 0.2) is 0 Å². The lowest BCUT2D eigenvalue weighted by atomic mass is 9.93. The Morgan fingerprint density at radius 2 is 2.33 bits per heavy atom. The first-order chi connectivity index (χ1) is 7.14. The summed E-state index contributed by atoms with van der Waals surface area (Å²) < 4.78 is 13.3. The minimum absolute atomic E-state index is 0.0987. The molecule has 2 atom stereocenters. The predicted octanol–water partition coefficient (Wildman–Crippen LogP) is 1.69. The summed E-state index contributed by atoms with van der Waals surface area (Å²) in [7, 11) is 0. The fourth-order valence-electron chi connectivity index (χ4n) is 2.15. The standard InChI is InChI=1S/C11H13ClFNO/c12-9-2-1-7(3-10(9)13)11(6-14)4-8(11)5-15/h1-3,8,15H,4-6,14H2/t8-,11+/m0/s1. The fraction of sp³-hybridized carbons (Fsp3) is 0.455. The van der Waals surface area contributed by atoms with Crippen molar-refractivity contribution in [3.05, 3.63) is 34.6 Å². The van der Waals surface area contributed by atoms with Gasteiger partial charge in [-0.1, -0.05) is 17.7 Å². The van der Waals surface area contributed by atoms with E-state index < -0.39 is 5.82 Å². The smallest absolute Gasteiger partial charge is 0.142 e. The highest BCUT2D eigenvalue weighted by Crippen LogP contribution is 2.53. The zero-order valence-corrected chi connectivity index (χ0v) is 8.97. The maximum atomic E-state index is 13.3. The Balaban J connectivity index is 2.33. The summed E-state index contributed by atoms with van der Waals surface area (Å²) in [4.78, 5) is 0. The largest absolute Gasteiger partial charge is 0.396 e. The van der Waals surface area contributed by atoms with Crippen molar-refractivity contribution in [3.8, 4) is 0 Å². The van der Waals surface area contributed by atoms with Crippen LogP contribution in [0.1, 0.15) is 12.0 Å². The lowest BCUT2D eigenvalue weighted by molar-refractivity contribution is 0.264. The fourth-order valence-corrected chi connectivity index (χ4v) is 2.26. The van der Waals surface area contributed by atoms with Crippen LogP contribution in [-0.4, -0.2) is 18.3 Å². The van der Waals surface area contributed by atoms with E-state index in [2.05, 4.69) is 0 Å². The average Bonchev–Trinajstić information content (AvgIpc) is 2.97. The van der Waals surface area contributed by atoms with E-state index in [1.807, 2.05) is 0 Å². The Kier molecular flexibility index (Phi) is 2.71. The van der Waals surface area contributed by atoms with E-state index in [0.717, 1.165) is 12.0 Å². The molecule has 0 amide bonds. The van der Waals surface area contributed by atoms with Gasteiger partial charge in [-0.2, -0.15) is 0 Å². The molecule has 0 aliphatic heterocycles. The molecule has 0 bridgehead atoms. The third kappa shape index (κ3) is 1.65. The van der Waals surface area contributed by atoms with Crippen molar-refractivity contribution in [1.29, 1.82) is 0 Å². The topological polar surface area (TPSA) is 46.2 Å². The Morgan fingerprint density at radius 3 is 2.80 bits per heavy atom. The van der Waals surface area contributed by atoms with Crippen molar-refractivity contribution < 1.29 is 9.50 Å². The van der Waals surface area contributed by atoms with Crippen molar-refractivity contribution in [1.82, 2.24) is 0 Å². The van der Waals surface area contributed by atoms with Crippen LogP contribution in [0.5, 0.6) is 0 Å². The number of benzene rings is 1. The molecule has 0 aromatic heterocycles. The lowest BCUT2D eigenvalue weighted by Crippen LogP contribution is -2.23. The molecule has 3 N–H and O–H groups in total. The highest BCUT2D eigenvalue weighted by molar-refractivity contribution is 6.30. The third-order valence-electron chi connectivity index (χ3n) is 3.31. The summed E-state index contributed by atoms with van der Waals surface area (Å²) in [6.07, 6.45) is 0.821. The van der Waals surface area contributed by atoms with Gasteiger partial charge < -0.3 is 10.8 Å². The van der Waals surface area contributed by atoms with Gasteiger partial charge in [0.1, 0.15) is 5.82 Å². The van der Waals surface area contributed by atoms with Crippen molar-refractivity contribution in [2.75, 3.05) is 13.2 Å². The first-order valence-corrected chi connectivity index (χ1v) is 5.28. The molecular weight excluding hydrogens is 217 g/mol. The van der Waals surface area contributed by atoms with Crippen molar-refractivity contribution in [2.45, 2.75) is 11.8 Å². The number of halogens is 2. The normalized spacial score (nSPS) is 29.2. The van der Waals surface area contributed by atoms with E-state index in [4.69, 9.17) is 22.4 Å². The van der Waals surface area contributed by atoms with E-state index in [-0.39, 0.29) is 23.0 Å². The Bertz CT molecular complexity index is 385. The molecule has 1 fully saturated rings. The highest BCUT2D eigenvalue weighted by atomic mass is 35.5. The molecule has 0 saturated heterocycles. The minimum atomic E-state index is -0.425. The second kappa shape index (κ2) is 3.74. The van der Waals surface area contributed by atoms with Crippen molar-refractivity contribution in [2.24, 2.45) is 11.7 Å². The summed E-state index contributed by atoms with van der Waals surface area (Å²) in [5, 5.41) is 9.20. The zero-order valence-electron chi connectivity index (χ0n) is 8.21. The maximum Gasteiger partial charge on any atom is 0.142 e. The molecule has 1 saturated carbocycles. The van der Waals surface area contributed by atoms with Crippen LogP contribution in [0.25, 0.3) is 0 Å². The number of nitrogens with two attached hydrogens (primary N) is 1. The quantitative estimate of drug-likeness (QED) is 0.829. The molecule has 82 valence electrons. The molecule has 4 heteroatoms. The van der Waals surface area contributed by atoms with Crippen LogP contribution in [0.3, 0.4) is 0 Å². The van der Waals surface area contributed by atoms with Gasteiger partial charge in [0.25, 0.3) is 0 Å². The van der Waals surface area contributed by atoms with Crippen LogP contribution < -0.4 is 5.73 Å². The molecule has 2 nitrogen and oxygen atoms in total. The van der Waals surface area contributed by atoms with Gasteiger partial charge in [-0.15, -0.1) is 0 Å². The monoisotopic (exact) mass is 229 g/mol. The molecule has 1 aliphatic rings. The maximum absolute atomic E-state index is 13.3. The van der Waals surface area contributed by atoms with E-state index in [0.29, 0.717) is 6.54 Å². The van der Waals surface area contributed by atoms with Gasteiger partial charge in [-0.3, -0.25) is 0 Å². The zero-order chi connectivity index (χ0) is 11.1. The first kappa shape index (κ1) is 10.9. The molecule has 0 unspecified atom stereocenters. The Hall–Kier alpha value is -0.640. The number of aliphatic hydroxyl groups excluding tert-OH is 1. The van der Waals surface area contributed by atoms with Crippen LogP contribution in [0.15, 0.2) is 18.2 Å². The van der Waals surface area contributed by atoms with Gasteiger partial charge in [0, 0.05) is 18.6 Å². The van der Waals surface area contributed by atoms with E-state index in [9.17, 15) is 4.39 Å². The van der Waals surface area contributed by atoms with Crippen LogP contribution in [0.2, 0.25) is 5.02 Å². The van der Waals surface area contributed by atoms with Gasteiger partial charge in [-0.05, 0) is 30.0 Å². The molecule has 2 rings (SSSR count). The van der Waals surface area contributed by atoms with E-state index in [1.54, 1.807) is 6.07 Å². The van der Waals surface area contributed by atoms with Crippen LogP contribution in [-0.2, 0) is 5.41 Å². The average molecular weight is 230 g/mol. The molecular formula is C11H13ClFNO. The number of aliphatic hydroxyl groups is 1. The van der Waals surface area contributed by atoms with Gasteiger partial charge in [0.05, 0.1) is 5.02 Å². The van der Waals surface area contributed by atoms with E-state index in [1.165, 1.54) is 12.1 Å².